The van der Waals surface area contributed by atoms with E-state index in [1.807, 2.05) is 31.3 Å². The lowest BCUT2D eigenvalue weighted by Crippen LogP contribution is -2.25. The lowest BCUT2D eigenvalue weighted by atomic mass is 10.4. The van der Waals surface area contributed by atoms with E-state index in [1.165, 1.54) is 0 Å². The van der Waals surface area contributed by atoms with E-state index >= 15 is 0 Å². The van der Waals surface area contributed by atoms with Crippen LogP contribution in [0, 0.1) is 0 Å². The van der Waals surface area contributed by atoms with E-state index in [-0.39, 0.29) is 6.10 Å². The van der Waals surface area contributed by atoms with E-state index in [2.05, 4.69) is 5.32 Å². The molecular formula is C10H14ClNOS. The van der Waals surface area contributed by atoms with Crippen molar-refractivity contribution in [2.75, 3.05) is 19.3 Å². The first-order valence-corrected chi connectivity index (χ1v) is 5.79. The summed E-state index contributed by atoms with van der Waals surface area (Å²) in [5, 5.41) is 13.1. The third-order valence-electron chi connectivity index (χ3n) is 1.70. The topological polar surface area (TPSA) is 32.3 Å². The van der Waals surface area contributed by atoms with E-state index in [0.29, 0.717) is 12.3 Å². The van der Waals surface area contributed by atoms with Crippen LogP contribution in [0.3, 0.4) is 0 Å². The maximum absolute atomic E-state index is 9.46. The number of rotatable bonds is 5. The second kappa shape index (κ2) is 6.30. The molecule has 0 saturated heterocycles. The molecule has 2 nitrogen and oxygen atoms in total. The van der Waals surface area contributed by atoms with Crippen LogP contribution in [-0.4, -0.2) is 30.6 Å². The average molecular weight is 232 g/mol. The van der Waals surface area contributed by atoms with Crippen molar-refractivity contribution in [3.63, 3.8) is 0 Å². The molecule has 1 rings (SSSR count). The lowest BCUT2D eigenvalue weighted by molar-refractivity contribution is 0.199. The minimum Gasteiger partial charge on any atom is -0.391 e. The number of halogens is 1. The number of likely N-dealkylation sites (N-methyl/N-ethyl adjacent to an activating group) is 1. The van der Waals surface area contributed by atoms with Crippen LogP contribution < -0.4 is 5.32 Å². The molecule has 0 aliphatic carbocycles. The van der Waals surface area contributed by atoms with Gasteiger partial charge in [0.05, 0.1) is 6.10 Å². The van der Waals surface area contributed by atoms with Gasteiger partial charge in [0.25, 0.3) is 0 Å². The zero-order valence-corrected chi connectivity index (χ0v) is 9.61. The second-order valence-electron chi connectivity index (χ2n) is 2.98. The van der Waals surface area contributed by atoms with Gasteiger partial charge in [0.2, 0.25) is 0 Å². The molecule has 1 unspecified atom stereocenters. The number of benzene rings is 1. The summed E-state index contributed by atoms with van der Waals surface area (Å²) in [6, 6.07) is 7.63. The van der Waals surface area contributed by atoms with Crippen molar-refractivity contribution in [3.05, 3.63) is 29.3 Å². The number of nitrogens with one attached hydrogen (secondary N) is 1. The molecule has 0 spiro atoms. The Morgan fingerprint density at radius 1 is 1.43 bits per heavy atom. The van der Waals surface area contributed by atoms with Crippen LogP contribution in [0.2, 0.25) is 5.02 Å². The Bertz CT molecular complexity index is 265. The van der Waals surface area contributed by atoms with Gasteiger partial charge in [0, 0.05) is 22.2 Å². The van der Waals surface area contributed by atoms with Crippen molar-refractivity contribution in [2.45, 2.75) is 11.0 Å². The number of hydrogen-bond acceptors (Lipinski definition) is 3. The van der Waals surface area contributed by atoms with Crippen molar-refractivity contribution < 1.29 is 5.11 Å². The summed E-state index contributed by atoms with van der Waals surface area (Å²) in [4.78, 5) is 1.13. The summed E-state index contributed by atoms with van der Waals surface area (Å²) in [6.07, 6.45) is -0.305. The maximum atomic E-state index is 9.46. The molecule has 0 amide bonds. The minimum atomic E-state index is -0.305. The normalized spacial score (nSPS) is 12.8. The molecule has 4 heteroatoms. The van der Waals surface area contributed by atoms with E-state index in [0.717, 1.165) is 9.92 Å². The standard InChI is InChI=1S/C10H14ClNOS/c1-12-6-9(13)7-14-10-4-2-8(11)3-5-10/h2-5,9,12-13H,6-7H2,1H3. The SMILES string of the molecule is CNCC(O)CSc1ccc(Cl)cc1. The van der Waals surface area contributed by atoms with Gasteiger partial charge in [-0.15, -0.1) is 11.8 Å². The second-order valence-corrected chi connectivity index (χ2v) is 4.51. The first kappa shape index (κ1) is 11.9. The fourth-order valence-corrected chi connectivity index (χ4v) is 1.97. The highest BCUT2D eigenvalue weighted by molar-refractivity contribution is 7.99. The Morgan fingerprint density at radius 3 is 2.64 bits per heavy atom. The molecule has 0 aliphatic rings. The summed E-state index contributed by atoms with van der Waals surface area (Å²) in [7, 11) is 1.83. The Kier molecular flexibility index (Phi) is 5.33. The largest absolute Gasteiger partial charge is 0.391 e. The van der Waals surface area contributed by atoms with Gasteiger partial charge in [-0.1, -0.05) is 11.6 Å². The zero-order chi connectivity index (χ0) is 10.4. The van der Waals surface area contributed by atoms with Crippen LogP contribution in [0.1, 0.15) is 0 Å². The highest BCUT2D eigenvalue weighted by Gasteiger charge is 2.03. The molecule has 1 atom stereocenters. The monoisotopic (exact) mass is 231 g/mol. The molecule has 0 aromatic heterocycles. The van der Waals surface area contributed by atoms with Crippen molar-refractivity contribution in [1.29, 1.82) is 0 Å². The molecule has 0 saturated carbocycles. The Hall–Kier alpha value is -0.220. The lowest BCUT2D eigenvalue weighted by Gasteiger charge is -2.08. The first-order chi connectivity index (χ1) is 6.72. The molecule has 78 valence electrons. The predicted octanol–water partition coefficient (Wildman–Crippen LogP) is 2.01. The zero-order valence-electron chi connectivity index (χ0n) is 8.03. The molecule has 0 bridgehead atoms. The molecule has 14 heavy (non-hydrogen) atoms. The smallest absolute Gasteiger partial charge is 0.0758 e. The van der Waals surface area contributed by atoms with Gasteiger partial charge in [-0.05, 0) is 31.3 Å². The number of aliphatic hydroxyl groups is 1. The van der Waals surface area contributed by atoms with Crippen LogP contribution in [0.5, 0.6) is 0 Å². The maximum Gasteiger partial charge on any atom is 0.0758 e. The van der Waals surface area contributed by atoms with Crippen molar-refractivity contribution >= 4 is 23.4 Å². The Labute approximate surface area is 93.7 Å². The highest BCUT2D eigenvalue weighted by Crippen LogP contribution is 2.20. The van der Waals surface area contributed by atoms with E-state index in [1.54, 1.807) is 11.8 Å². The first-order valence-electron chi connectivity index (χ1n) is 4.43. The summed E-state index contributed by atoms with van der Waals surface area (Å²) in [5.74, 6) is 0.697. The number of thioether (sulfide) groups is 1. The van der Waals surface area contributed by atoms with Crippen LogP contribution in [0.25, 0.3) is 0 Å². The average Bonchev–Trinajstić information content (AvgIpc) is 2.17. The molecule has 1 aromatic rings. The third kappa shape index (κ3) is 4.33. The van der Waals surface area contributed by atoms with Crippen molar-refractivity contribution in [1.82, 2.24) is 5.32 Å². The Morgan fingerprint density at radius 2 is 2.07 bits per heavy atom. The van der Waals surface area contributed by atoms with E-state index in [4.69, 9.17) is 11.6 Å². The van der Waals surface area contributed by atoms with Crippen LogP contribution >= 0.6 is 23.4 Å². The quantitative estimate of drug-likeness (QED) is 0.761. The van der Waals surface area contributed by atoms with Crippen LogP contribution in [-0.2, 0) is 0 Å². The van der Waals surface area contributed by atoms with Crippen LogP contribution in [0.15, 0.2) is 29.2 Å². The summed E-state index contributed by atoms with van der Waals surface area (Å²) in [5.41, 5.74) is 0. The molecule has 0 fully saturated rings. The Balaban J connectivity index is 2.34. The fourth-order valence-electron chi connectivity index (χ4n) is 1.02. The van der Waals surface area contributed by atoms with Gasteiger partial charge < -0.3 is 10.4 Å². The summed E-state index contributed by atoms with van der Waals surface area (Å²) < 4.78 is 0. The van der Waals surface area contributed by atoms with Crippen LogP contribution in [0.4, 0.5) is 0 Å². The molecular weight excluding hydrogens is 218 g/mol. The molecule has 2 N–H and O–H groups in total. The van der Waals surface area contributed by atoms with E-state index in [9.17, 15) is 5.11 Å². The van der Waals surface area contributed by atoms with Crippen molar-refractivity contribution in [3.8, 4) is 0 Å². The molecule has 1 aromatic carbocycles. The van der Waals surface area contributed by atoms with Gasteiger partial charge in [-0.3, -0.25) is 0 Å². The van der Waals surface area contributed by atoms with Crippen molar-refractivity contribution in [2.24, 2.45) is 0 Å². The van der Waals surface area contributed by atoms with Gasteiger partial charge in [-0.25, -0.2) is 0 Å². The number of hydrogen-bond donors (Lipinski definition) is 2. The van der Waals surface area contributed by atoms with Gasteiger partial charge in [0.15, 0.2) is 0 Å². The summed E-state index contributed by atoms with van der Waals surface area (Å²) >= 11 is 7.38. The highest BCUT2D eigenvalue weighted by atomic mass is 35.5. The third-order valence-corrected chi connectivity index (χ3v) is 3.10. The molecule has 0 aliphatic heterocycles. The molecule has 0 radical (unpaired) electrons. The fraction of sp³-hybridized carbons (Fsp3) is 0.400. The van der Waals surface area contributed by atoms with Gasteiger partial charge in [0.1, 0.15) is 0 Å². The summed E-state index contributed by atoms with van der Waals surface area (Å²) in [6.45, 7) is 0.626. The predicted molar refractivity (Wildman–Crippen MR) is 62.1 cm³/mol. The van der Waals surface area contributed by atoms with E-state index < -0.39 is 0 Å². The number of aliphatic hydroxyl groups excluding tert-OH is 1. The van der Waals surface area contributed by atoms with Gasteiger partial charge in [-0.2, -0.15) is 0 Å². The minimum absolute atomic E-state index is 0.305. The molecule has 0 heterocycles. The van der Waals surface area contributed by atoms with Gasteiger partial charge >= 0.3 is 0 Å².